The molecule has 0 aliphatic rings. The van der Waals surface area contributed by atoms with Crippen LogP contribution in [0.4, 0.5) is 16.1 Å². The summed E-state index contributed by atoms with van der Waals surface area (Å²) in [7, 11) is 0. The van der Waals surface area contributed by atoms with Gasteiger partial charge in [0, 0.05) is 16.5 Å². The Hall–Kier alpha value is -2.32. The molecule has 8 heteroatoms. The van der Waals surface area contributed by atoms with Gasteiger partial charge in [0.1, 0.15) is 5.82 Å². The van der Waals surface area contributed by atoms with Gasteiger partial charge >= 0.3 is 0 Å². The average Bonchev–Trinajstić information content (AvgIpc) is 3.06. The third kappa shape index (κ3) is 4.15. The standard InChI is InChI=1S/C16H17N5OS2/c1-9-4-5-17-13(6-9)20-15-19-12(8-23-15)7-14(22)21-16-18-10(2)11(3)24-16/h4-6,8H,7H2,1-3H3,(H,17,19,20)(H,18,21,22). The molecule has 0 saturated carbocycles. The number of hydrogen-bond donors (Lipinski definition) is 2. The van der Waals surface area contributed by atoms with Crippen LogP contribution in [0.1, 0.15) is 21.8 Å². The highest BCUT2D eigenvalue weighted by atomic mass is 32.1. The second-order valence-electron chi connectivity index (χ2n) is 5.37. The van der Waals surface area contributed by atoms with E-state index in [9.17, 15) is 4.79 Å². The number of nitrogens with zero attached hydrogens (tertiary/aromatic N) is 3. The number of hydrogen-bond acceptors (Lipinski definition) is 7. The number of nitrogens with one attached hydrogen (secondary N) is 2. The number of carbonyl (C=O) groups is 1. The number of rotatable bonds is 5. The Bertz CT molecular complexity index is 851. The Balaban J connectivity index is 1.60. The van der Waals surface area contributed by atoms with Gasteiger partial charge in [-0.3, -0.25) is 4.79 Å². The molecule has 0 aliphatic heterocycles. The normalized spacial score (nSPS) is 10.6. The number of thiazole rings is 2. The van der Waals surface area contributed by atoms with Crippen molar-refractivity contribution in [1.29, 1.82) is 0 Å². The lowest BCUT2D eigenvalue weighted by Crippen LogP contribution is -2.14. The van der Waals surface area contributed by atoms with Crippen molar-refractivity contribution in [2.24, 2.45) is 0 Å². The zero-order valence-corrected chi connectivity index (χ0v) is 15.2. The molecular formula is C16H17N5OS2. The van der Waals surface area contributed by atoms with Gasteiger partial charge in [0.05, 0.1) is 17.8 Å². The zero-order chi connectivity index (χ0) is 17.1. The van der Waals surface area contributed by atoms with Gasteiger partial charge in [0.15, 0.2) is 10.3 Å². The van der Waals surface area contributed by atoms with Crippen LogP contribution in [-0.4, -0.2) is 20.9 Å². The van der Waals surface area contributed by atoms with E-state index in [0.717, 1.165) is 32.8 Å². The SMILES string of the molecule is Cc1ccnc(Nc2nc(CC(=O)Nc3nc(C)c(C)s3)cs2)c1. The monoisotopic (exact) mass is 359 g/mol. The molecule has 0 radical (unpaired) electrons. The van der Waals surface area contributed by atoms with E-state index in [-0.39, 0.29) is 12.3 Å². The molecule has 0 unspecified atom stereocenters. The molecule has 3 rings (SSSR count). The third-order valence-electron chi connectivity index (χ3n) is 3.32. The molecule has 3 heterocycles. The van der Waals surface area contributed by atoms with E-state index in [0.29, 0.717) is 5.13 Å². The van der Waals surface area contributed by atoms with E-state index in [1.165, 1.54) is 22.7 Å². The van der Waals surface area contributed by atoms with E-state index >= 15 is 0 Å². The second kappa shape index (κ2) is 7.06. The quantitative estimate of drug-likeness (QED) is 0.723. The molecule has 1 amide bonds. The molecule has 6 nitrogen and oxygen atoms in total. The van der Waals surface area contributed by atoms with E-state index < -0.39 is 0 Å². The predicted octanol–water partition coefficient (Wildman–Crippen LogP) is 3.84. The minimum Gasteiger partial charge on any atom is -0.316 e. The second-order valence-corrected chi connectivity index (χ2v) is 7.43. The number of carbonyl (C=O) groups excluding carboxylic acids is 1. The molecule has 0 fully saturated rings. The highest BCUT2D eigenvalue weighted by molar-refractivity contribution is 7.15. The molecule has 2 N–H and O–H groups in total. The van der Waals surface area contributed by atoms with Crippen molar-refractivity contribution in [3.63, 3.8) is 0 Å². The lowest BCUT2D eigenvalue weighted by atomic mass is 10.3. The van der Waals surface area contributed by atoms with Crippen LogP contribution in [0.25, 0.3) is 0 Å². The maximum Gasteiger partial charge on any atom is 0.232 e. The minimum absolute atomic E-state index is 0.116. The van der Waals surface area contributed by atoms with Crippen LogP contribution in [0.15, 0.2) is 23.7 Å². The van der Waals surface area contributed by atoms with Crippen LogP contribution in [0.2, 0.25) is 0 Å². The topological polar surface area (TPSA) is 79.8 Å². The maximum absolute atomic E-state index is 12.1. The molecule has 0 spiro atoms. The average molecular weight is 359 g/mol. The highest BCUT2D eigenvalue weighted by Gasteiger charge is 2.11. The smallest absolute Gasteiger partial charge is 0.232 e. The first kappa shape index (κ1) is 16.5. The van der Waals surface area contributed by atoms with Crippen molar-refractivity contribution < 1.29 is 4.79 Å². The summed E-state index contributed by atoms with van der Waals surface area (Å²) in [5, 5.41) is 9.19. The zero-order valence-electron chi connectivity index (χ0n) is 13.6. The first-order valence-electron chi connectivity index (χ1n) is 7.37. The summed E-state index contributed by atoms with van der Waals surface area (Å²) in [4.78, 5) is 26.2. The van der Waals surface area contributed by atoms with Crippen LogP contribution < -0.4 is 10.6 Å². The first-order valence-corrected chi connectivity index (χ1v) is 9.07. The van der Waals surface area contributed by atoms with Crippen molar-refractivity contribution in [2.75, 3.05) is 10.6 Å². The summed E-state index contributed by atoms with van der Waals surface area (Å²) < 4.78 is 0. The number of aryl methyl sites for hydroxylation is 3. The number of amides is 1. The Kier molecular flexibility index (Phi) is 4.86. The van der Waals surface area contributed by atoms with E-state index in [2.05, 4.69) is 25.6 Å². The molecule has 3 aromatic rings. The Labute approximate surface area is 148 Å². The summed E-state index contributed by atoms with van der Waals surface area (Å²) in [6, 6.07) is 3.88. The Morgan fingerprint density at radius 2 is 2.04 bits per heavy atom. The molecule has 0 bridgehead atoms. The molecular weight excluding hydrogens is 342 g/mol. The van der Waals surface area contributed by atoms with Crippen molar-refractivity contribution >= 4 is 44.7 Å². The van der Waals surface area contributed by atoms with Crippen molar-refractivity contribution in [3.05, 3.63) is 45.5 Å². The van der Waals surface area contributed by atoms with E-state index in [4.69, 9.17) is 0 Å². The molecule has 0 atom stereocenters. The summed E-state index contributed by atoms with van der Waals surface area (Å²) >= 11 is 2.93. The lowest BCUT2D eigenvalue weighted by Gasteiger charge is -2.02. The summed E-state index contributed by atoms with van der Waals surface area (Å²) in [5.74, 6) is 0.628. The van der Waals surface area contributed by atoms with Crippen LogP contribution >= 0.6 is 22.7 Å². The third-order valence-corrected chi connectivity index (χ3v) is 5.11. The summed E-state index contributed by atoms with van der Waals surface area (Å²) in [6.07, 6.45) is 1.97. The molecule has 24 heavy (non-hydrogen) atoms. The molecule has 3 aromatic heterocycles. The van der Waals surface area contributed by atoms with Crippen molar-refractivity contribution in [3.8, 4) is 0 Å². The lowest BCUT2D eigenvalue weighted by molar-refractivity contribution is -0.115. The van der Waals surface area contributed by atoms with Gasteiger partial charge in [-0.15, -0.1) is 22.7 Å². The first-order chi connectivity index (χ1) is 11.5. The molecule has 124 valence electrons. The predicted molar refractivity (Wildman–Crippen MR) is 98.3 cm³/mol. The van der Waals surface area contributed by atoms with Gasteiger partial charge in [-0.25, -0.2) is 15.0 Å². The van der Waals surface area contributed by atoms with Crippen LogP contribution in [0.5, 0.6) is 0 Å². The Morgan fingerprint density at radius 3 is 2.75 bits per heavy atom. The van der Waals surface area contributed by atoms with Gasteiger partial charge in [0.25, 0.3) is 0 Å². The van der Waals surface area contributed by atoms with E-state index in [1.54, 1.807) is 6.20 Å². The van der Waals surface area contributed by atoms with Crippen molar-refractivity contribution in [2.45, 2.75) is 27.2 Å². The Morgan fingerprint density at radius 1 is 1.21 bits per heavy atom. The fourth-order valence-electron chi connectivity index (χ4n) is 2.01. The molecule has 0 saturated heterocycles. The van der Waals surface area contributed by atoms with Crippen molar-refractivity contribution in [1.82, 2.24) is 15.0 Å². The number of anilines is 3. The van der Waals surface area contributed by atoms with Gasteiger partial charge in [0.2, 0.25) is 5.91 Å². The summed E-state index contributed by atoms with van der Waals surface area (Å²) in [5.41, 5.74) is 2.79. The van der Waals surface area contributed by atoms with Crippen LogP contribution in [0, 0.1) is 20.8 Å². The van der Waals surface area contributed by atoms with Gasteiger partial charge < -0.3 is 10.6 Å². The number of aromatic nitrogens is 3. The molecule has 0 aromatic carbocycles. The van der Waals surface area contributed by atoms with Crippen LogP contribution in [-0.2, 0) is 11.2 Å². The molecule has 0 aliphatic carbocycles. The van der Waals surface area contributed by atoms with Gasteiger partial charge in [-0.2, -0.15) is 0 Å². The fourth-order valence-corrected chi connectivity index (χ4v) is 3.56. The fraction of sp³-hybridized carbons (Fsp3) is 0.250. The maximum atomic E-state index is 12.1. The highest BCUT2D eigenvalue weighted by Crippen LogP contribution is 2.23. The van der Waals surface area contributed by atoms with E-state index in [1.807, 2.05) is 38.3 Å². The summed E-state index contributed by atoms with van der Waals surface area (Å²) in [6.45, 7) is 5.92. The minimum atomic E-state index is -0.116. The van der Waals surface area contributed by atoms with Gasteiger partial charge in [-0.05, 0) is 38.5 Å². The number of pyridine rings is 1. The van der Waals surface area contributed by atoms with Gasteiger partial charge in [-0.1, -0.05) is 0 Å². The van der Waals surface area contributed by atoms with Crippen LogP contribution in [0.3, 0.4) is 0 Å². The largest absolute Gasteiger partial charge is 0.316 e.